The van der Waals surface area contributed by atoms with Crippen molar-refractivity contribution in [2.75, 3.05) is 0 Å². The summed E-state index contributed by atoms with van der Waals surface area (Å²) in [5.74, 6) is 0. The van der Waals surface area contributed by atoms with Crippen molar-refractivity contribution in [3.63, 3.8) is 0 Å². The van der Waals surface area contributed by atoms with Crippen LogP contribution in [0.1, 0.15) is 1.43 Å². The normalized spacial score (nSPS) is 7.62. The summed E-state index contributed by atoms with van der Waals surface area (Å²) in [6.07, 6.45) is 0. The molecule has 0 saturated carbocycles. The van der Waals surface area contributed by atoms with Gasteiger partial charge in [0.1, 0.15) is 0 Å². The quantitative estimate of drug-likeness (QED) is 0.457. The molecule has 1 aromatic rings. The van der Waals surface area contributed by atoms with E-state index in [2.05, 4.69) is 15.9 Å². The van der Waals surface area contributed by atoms with E-state index >= 15 is 0 Å². The van der Waals surface area contributed by atoms with E-state index in [0.717, 1.165) is 4.47 Å². The molecule has 0 radical (unpaired) electrons. The molecular weight excluding hydrogens is 159 g/mol. The monoisotopic (exact) mass is 164 g/mol. The van der Waals surface area contributed by atoms with Crippen molar-refractivity contribution in [2.45, 2.75) is 0 Å². The van der Waals surface area contributed by atoms with Crippen molar-refractivity contribution in [1.82, 2.24) is 0 Å². The predicted molar refractivity (Wildman–Crippen MR) is 35.3 cm³/mol. The molecule has 0 aromatic heterocycles. The zero-order valence-corrected chi connectivity index (χ0v) is 6.35. The maximum Gasteiger partial charge on any atom is 1.00 e. The van der Waals surface area contributed by atoms with Crippen LogP contribution in [0.3, 0.4) is 0 Å². The molecule has 0 amide bonds. The van der Waals surface area contributed by atoms with E-state index in [-0.39, 0.29) is 20.3 Å². The standard InChI is InChI=1S/C6H5Br.Li.H/c7-6-4-2-1-3-5-6;;/h1-5H;;/q;+1;-1. The number of rotatable bonds is 0. The van der Waals surface area contributed by atoms with Crippen LogP contribution in [-0.4, -0.2) is 0 Å². The van der Waals surface area contributed by atoms with Gasteiger partial charge in [-0.3, -0.25) is 0 Å². The van der Waals surface area contributed by atoms with Crippen LogP contribution in [0.2, 0.25) is 0 Å². The van der Waals surface area contributed by atoms with Gasteiger partial charge in [0.25, 0.3) is 0 Å². The average molecular weight is 165 g/mol. The first kappa shape index (κ1) is 8.30. The molecule has 38 valence electrons. The van der Waals surface area contributed by atoms with Crippen LogP contribution in [0.5, 0.6) is 0 Å². The maximum atomic E-state index is 3.31. The van der Waals surface area contributed by atoms with E-state index in [1.165, 1.54) is 0 Å². The molecule has 0 fully saturated rings. The fraction of sp³-hybridized carbons (Fsp3) is 0. The third-order valence-electron chi connectivity index (χ3n) is 0.733. The van der Waals surface area contributed by atoms with Gasteiger partial charge in [-0.15, -0.1) is 0 Å². The SMILES string of the molecule is Brc1ccccc1.[H-].[Li+]. The van der Waals surface area contributed by atoms with Crippen molar-refractivity contribution in [2.24, 2.45) is 0 Å². The first-order valence-electron chi connectivity index (χ1n) is 2.10. The Bertz CT molecular complexity index is 143. The summed E-state index contributed by atoms with van der Waals surface area (Å²) in [4.78, 5) is 0. The maximum absolute atomic E-state index is 3.31. The van der Waals surface area contributed by atoms with Crippen LogP contribution in [-0.2, 0) is 0 Å². The minimum atomic E-state index is 0. The third kappa shape index (κ3) is 2.57. The molecule has 0 spiro atoms. The molecule has 0 aliphatic carbocycles. The summed E-state index contributed by atoms with van der Waals surface area (Å²) < 4.78 is 1.13. The Balaban J connectivity index is 0. The van der Waals surface area contributed by atoms with Crippen LogP contribution in [0.15, 0.2) is 34.8 Å². The Morgan fingerprint density at radius 1 is 1.12 bits per heavy atom. The van der Waals surface area contributed by atoms with Crippen LogP contribution in [0.25, 0.3) is 0 Å². The first-order valence-corrected chi connectivity index (χ1v) is 2.89. The molecule has 0 saturated heterocycles. The molecule has 0 N–H and O–H groups in total. The van der Waals surface area contributed by atoms with E-state index < -0.39 is 0 Å². The summed E-state index contributed by atoms with van der Waals surface area (Å²) in [7, 11) is 0. The van der Waals surface area contributed by atoms with Gasteiger partial charge in [0.2, 0.25) is 0 Å². The predicted octanol–water partition coefficient (Wildman–Crippen LogP) is -0.434. The van der Waals surface area contributed by atoms with E-state index in [1.54, 1.807) is 0 Å². The van der Waals surface area contributed by atoms with E-state index in [4.69, 9.17) is 0 Å². The largest absolute Gasteiger partial charge is 1.00 e. The molecule has 0 bridgehead atoms. The van der Waals surface area contributed by atoms with Gasteiger partial charge in [-0.1, -0.05) is 34.1 Å². The van der Waals surface area contributed by atoms with Gasteiger partial charge in [-0.05, 0) is 12.1 Å². The molecule has 1 rings (SSSR count). The van der Waals surface area contributed by atoms with Gasteiger partial charge in [0.15, 0.2) is 0 Å². The third-order valence-corrected chi connectivity index (χ3v) is 1.26. The Kier molecular flexibility index (Phi) is 4.36. The second-order valence-electron chi connectivity index (χ2n) is 1.30. The van der Waals surface area contributed by atoms with Gasteiger partial charge in [0.05, 0.1) is 0 Å². The van der Waals surface area contributed by atoms with Crippen molar-refractivity contribution in [3.05, 3.63) is 34.8 Å². The van der Waals surface area contributed by atoms with Crippen molar-refractivity contribution in [1.29, 1.82) is 0 Å². The summed E-state index contributed by atoms with van der Waals surface area (Å²) in [5.41, 5.74) is 0. The number of halogens is 1. The topological polar surface area (TPSA) is 0 Å². The van der Waals surface area contributed by atoms with Crippen LogP contribution < -0.4 is 18.9 Å². The minimum absolute atomic E-state index is 0. The second-order valence-corrected chi connectivity index (χ2v) is 2.21. The molecule has 0 nitrogen and oxygen atoms in total. The van der Waals surface area contributed by atoms with Crippen LogP contribution in [0.4, 0.5) is 0 Å². The van der Waals surface area contributed by atoms with Crippen LogP contribution >= 0.6 is 15.9 Å². The summed E-state index contributed by atoms with van der Waals surface area (Å²) in [6, 6.07) is 9.97. The van der Waals surface area contributed by atoms with Gasteiger partial charge >= 0.3 is 18.9 Å². The van der Waals surface area contributed by atoms with E-state index in [1.807, 2.05) is 30.3 Å². The molecule has 0 aliphatic heterocycles. The Labute approximate surface area is 71.1 Å². The number of hydrogen-bond acceptors (Lipinski definition) is 0. The van der Waals surface area contributed by atoms with Gasteiger partial charge in [0, 0.05) is 4.47 Å². The minimum Gasteiger partial charge on any atom is -1.00 e. The summed E-state index contributed by atoms with van der Waals surface area (Å²) >= 11 is 3.31. The van der Waals surface area contributed by atoms with Gasteiger partial charge < -0.3 is 1.43 Å². The molecule has 2 heteroatoms. The van der Waals surface area contributed by atoms with Crippen molar-refractivity contribution in [3.8, 4) is 0 Å². The molecule has 8 heavy (non-hydrogen) atoms. The Hall–Kier alpha value is 0.297. The average Bonchev–Trinajstić information content (AvgIpc) is 1.69. The smallest absolute Gasteiger partial charge is 1.00 e. The second kappa shape index (κ2) is 4.20. The molecular formula is C6H6BrLi. The fourth-order valence-corrected chi connectivity index (χ4v) is 0.720. The van der Waals surface area contributed by atoms with E-state index in [0.29, 0.717) is 0 Å². The van der Waals surface area contributed by atoms with Crippen molar-refractivity contribution >= 4 is 15.9 Å². The molecule has 0 unspecified atom stereocenters. The fourth-order valence-electron chi connectivity index (χ4n) is 0.415. The number of hydrogen-bond donors (Lipinski definition) is 0. The zero-order valence-electron chi connectivity index (χ0n) is 5.76. The summed E-state index contributed by atoms with van der Waals surface area (Å²) in [5, 5.41) is 0. The molecule has 1 aromatic carbocycles. The van der Waals surface area contributed by atoms with Gasteiger partial charge in [-0.2, -0.15) is 0 Å². The molecule has 0 heterocycles. The molecule has 0 aliphatic rings. The Morgan fingerprint density at radius 2 is 1.62 bits per heavy atom. The summed E-state index contributed by atoms with van der Waals surface area (Å²) in [6.45, 7) is 0. The zero-order chi connectivity index (χ0) is 5.11. The van der Waals surface area contributed by atoms with E-state index in [9.17, 15) is 0 Å². The number of benzene rings is 1. The Morgan fingerprint density at radius 3 is 1.88 bits per heavy atom. The van der Waals surface area contributed by atoms with Crippen LogP contribution in [0, 0.1) is 0 Å². The molecule has 0 atom stereocenters. The first-order chi connectivity index (χ1) is 3.39. The van der Waals surface area contributed by atoms with Gasteiger partial charge in [-0.25, -0.2) is 0 Å². The van der Waals surface area contributed by atoms with Crippen molar-refractivity contribution < 1.29 is 20.3 Å².